The molecule has 0 unspecified atom stereocenters. The maximum absolute atomic E-state index is 11.5. The van der Waals surface area contributed by atoms with Gasteiger partial charge in [0, 0.05) is 10.4 Å². The lowest BCUT2D eigenvalue weighted by Gasteiger charge is -2.10. The minimum Gasteiger partial charge on any atom is -0.497 e. The minimum absolute atomic E-state index is 0.131. The number of primary amides is 1. The van der Waals surface area contributed by atoms with Crippen molar-refractivity contribution in [1.29, 1.82) is 0 Å². The molecule has 0 spiro atoms. The molecule has 0 aliphatic rings. The van der Waals surface area contributed by atoms with Gasteiger partial charge in [0.2, 0.25) is 5.91 Å². The summed E-state index contributed by atoms with van der Waals surface area (Å²) in [6.45, 7) is 1.89. The standard InChI is InChI=1S/C18H17ClN2O3/c1-11-15(10-18(20)22)16-9-14(23-2)7-8-17(16)21(11)24-13-5-3-12(19)4-6-13/h3-9H,10H2,1-2H3,(H2,20,22). The van der Waals surface area contributed by atoms with E-state index in [0.29, 0.717) is 16.5 Å². The van der Waals surface area contributed by atoms with E-state index in [2.05, 4.69) is 0 Å². The van der Waals surface area contributed by atoms with E-state index < -0.39 is 5.91 Å². The summed E-state index contributed by atoms with van der Waals surface area (Å²) >= 11 is 5.91. The summed E-state index contributed by atoms with van der Waals surface area (Å²) in [5.74, 6) is 0.948. The fourth-order valence-electron chi connectivity index (χ4n) is 2.67. The van der Waals surface area contributed by atoms with Gasteiger partial charge in [0.05, 0.1) is 24.7 Å². The summed E-state index contributed by atoms with van der Waals surface area (Å²) in [4.78, 5) is 17.4. The summed E-state index contributed by atoms with van der Waals surface area (Å²) < 4.78 is 6.97. The van der Waals surface area contributed by atoms with Crippen molar-refractivity contribution in [2.24, 2.45) is 5.73 Å². The van der Waals surface area contributed by atoms with Crippen LogP contribution in [-0.2, 0) is 11.2 Å². The SMILES string of the molecule is COc1ccc2c(c1)c(CC(N)=O)c(C)n2Oc1ccc(Cl)cc1. The van der Waals surface area contributed by atoms with E-state index in [9.17, 15) is 4.79 Å². The summed E-state index contributed by atoms with van der Waals surface area (Å²) in [5, 5.41) is 1.51. The van der Waals surface area contributed by atoms with Crippen molar-refractivity contribution in [3.63, 3.8) is 0 Å². The summed E-state index contributed by atoms with van der Waals surface area (Å²) in [6, 6.07) is 12.7. The summed E-state index contributed by atoms with van der Waals surface area (Å²) in [6.07, 6.45) is 0.131. The predicted molar refractivity (Wildman–Crippen MR) is 93.6 cm³/mol. The number of benzene rings is 2. The Labute approximate surface area is 144 Å². The van der Waals surface area contributed by atoms with E-state index in [4.69, 9.17) is 26.9 Å². The predicted octanol–water partition coefficient (Wildman–Crippen LogP) is 3.48. The average Bonchev–Trinajstić information content (AvgIpc) is 2.81. The monoisotopic (exact) mass is 344 g/mol. The first-order chi connectivity index (χ1) is 11.5. The highest BCUT2D eigenvalue weighted by atomic mass is 35.5. The zero-order chi connectivity index (χ0) is 17.3. The number of methoxy groups -OCH3 is 1. The number of amides is 1. The lowest BCUT2D eigenvalue weighted by Crippen LogP contribution is -2.15. The fourth-order valence-corrected chi connectivity index (χ4v) is 2.80. The van der Waals surface area contributed by atoms with Crippen LogP contribution in [0.5, 0.6) is 11.5 Å². The number of ether oxygens (including phenoxy) is 1. The molecule has 0 saturated heterocycles. The van der Waals surface area contributed by atoms with E-state index in [-0.39, 0.29) is 6.42 Å². The topological polar surface area (TPSA) is 66.5 Å². The number of carbonyl (C=O) groups excluding carboxylic acids is 1. The smallest absolute Gasteiger partial charge is 0.221 e. The number of nitrogens with two attached hydrogens (primary N) is 1. The highest BCUT2D eigenvalue weighted by Crippen LogP contribution is 2.30. The Morgan fingerprint density at radius 3 is 2.46 bits per heavy atom. The van der Waals surface area contributed by atoms with Crippen LogP contribution in [0.1, 0.15) is 11.3 Å². The Balaban J connectivity index is 2.14. The van der Waals surface area contributed by atoms with E-state index in [1.807, 2.05) is 25.1 Å². The van der Waals surface area contributed by atoms with Crippen LogP contribution in [0.15, 0.2) is 42.5 Å². The lowest BCUT2D eigenvalue weighted by atomic mass is 10.1. The van der Waals surface area contributed by atoms with Crippen LogP contribution < -0.4 is 15.3 Å². The molecule has 0 aliphatic heterocycles. The third-order valence-electron chi connectivity index (χ3n) is 3.85. The highest BCUT2D eigenvalue weighted by molar-refractivity contribution is 6.30. The number of carbonyl (C=O) groups is 1. The van der Waals surface area contributed by atoms with Crippen molar-refractivity contribution in [1.82, 2.24) is 4.73 Å². The molecule has 2 aromatic carbocycles. The second kappa shape index (κ2) is 6.45. The van der Waals surface area contributed by atoms with Crippen LogP contribution in [0.25, 0.3) is 10.9 Å². The van der Waals surface area contributed by atoms with Crippen LogP contribution in [0.3, 0.4) is 0 Å². The van der Waals surface area contributed by atoms with E-state index in [0.717, 1.165) is 22.2 Å². The molecule has 0 atom stereocenters. The van der Waals surface area contributed by atoms with Gasteiger partial charge in [-0.3, -0.25) is 4.79 Å². The van der Waals surface area contributed by atoms with Crippen molar-refractivity contribution in [3.8, 4) is 11.5 Å². The number of rotatable bonds is 5. The maximum Gasteiger partial charge on any atom is 0.221 e. The van der Waals surface area contributed by atoms with Crippen molar-refractivity contribution in [3.05, 3.63) is 58.7 Å². The second-order valence-corrected chi connectivity index (χ2v) is 5.87. The Morgan fingerprint density at radius 2 is 1.83 bits per heavy atom. The molecule has 0 fully saturated rings. The fraction of sp³-hybridized carbons (Fsp3) is 0.167. The van der Waals surface area contributed by atoms with Crippen molar-refractivity contribution >= 4 is 28.4 Å². The molecule has 1 heterocycles. The van der Waals surface area contributed by atoms with Gasteiger partial charge in [-0.15, -0.1) is 0 Å². The summed E-state index contributed by atoms with van der Waals surface area (Å²) in [7, 11) is 1.60. The van der Waals surface area contributed by atoms with Crippen molar-refractivity contribution < 1.29 is 14.4 Å². The van der Waals surface area contributed by atoms with Gasteiger partial charge >= 0.3 is 0 Å². The van der Waals surface area contributed by atoms with Gasteiger partial charge in [0.25, 0.3) is 0 Å². The molecule has 1 aromatic heterocycles. The van der Waals surface area contributed by atoms with Gasteiger partial charge in [-0.25, -0.2) is 0 Å². The van der Waals surface area contributed by atoms with Crippen molar-refractivity contribution in [2.45, 2.75) is 13.3 Å². The molecular weight excluding hydrogens is 328 g/mol. The van der Waals surface area contributed by atoms with Crippen LogP contribution in [-0.4, -0.2) is 17.7 Å². The van der Waals surface area contributed by atoms with Gasteiger partial charge in [0.15, 0.2) is 5.75 Å². The van der Waals surface area contributed by atoms with Crippen molar-refractivity contribution in [2.75, 3.05) is 7.11 Å². The Hall–Kier alpha value is -2.66. The van der Waals surface area contributed by atoms with E-state index in [1.165, 1.54) is 0 Å². The lowest BCUT2D eigenvalue weighted by molar-refractivity contribution is -0.117. The zero-order valence-electron chi connectivity index (χ0n) is 13.4. The van der Waals surface area contributed by atoms with Crippen LogP contribution >= 0.6 is 11.6 Å². The number of hydrogen-bond donors (Lipinski definition) is 1. The first-order valence-electron chi connectivity index (χ1n) is 7.39. The highest BCUT2D eigenvalue weighted by Gasteiger charge is 2.18. The summed E-state index contributed by atoms with van der Waals surface area (Å²) in [5.41, 5.74) is 7.87. The largest absolute Gasteiger partial charge is 0.497 e. The number of fused-ring (bicyclic) bond motifs is 1. The molecule has 1 amide bonds. The van der Waals surface area contributed by atoms with Crippen LogP contribution in [0.4, 0.5) is 0 Å². The van der Waals surface area contributed by atoms with Gasteiger partial charge in [-0.05, 0) is 55.0 Å². The third kappa shape index (κ3) is 3.03. The van der Waals surface area contributed by atoms with E-state index >= 15 is 0 Å². The average molecular weight is 345 g/mol. The maximum atomic E-state index is 11.5. The Morgan fingerprint density at radius 1 is 1.17 bits per heavy atom. The molecule has 6 heteroatoms. The van der Waals surface area contributed by atoms with Crippen LogP contribution in [0.2, 0.25) is 5.02 Å². The number of hydrogen-bond acceptors (Lipinski definition) is 3. The molecule has 3 aromatic rings. The van der Waals surface area contributed by atoms with Gasteiger partial charge in [-0.2, -0.15) is 4.73 Å². The number of halogens is 1. The normalized spacial score (nSPS) is 10.8. The molecule has 124 valence electrons. The molecule has 0 saturated carbocycles. The minimum atomic E-state index is -0.397. The van der Waals surface area contributed by atoms with E-state index in [1.54, 1.807) is 36.1 Å². The zero-order valence-corrected chi connectivity index (χ0v) is 14.1. The van der Waals surface area contributed by atoms with Gasteiger partial charge in [0.1, 0.15) is 5.75 Å². The number of nitrogens with zero attached hydrogens (tertiary/aromatic N) is 1. The van der Waals surface area contributed by atoms with Gasteiger partial charge in [-0.1, -0.05) is 11.6 Å². The molecule has 5 nitrogen and oxygen atoms in total. The second-order valence-electron chi connectivity index (χ2n) is 5.43. The molecule has 2 N–H and O–H groups in total. The van der Waals surface area contributed by atoms with Crippen LogP contribution in [0, 0.1) is 6.92 Å². The third-order valence-corrected chi connectivity index (χ3v) is 4.10. The quantitative estimate of drug-likeness (QED) is 0.770. The molecule has 0 radical (unpaired) electrons. The molecule has 3 rings (SSSR count). The molecular formula is C18H17ClN2O3. The first-order valence-corrected chi connectivity index (χ1v) is 7.77. The molecule has 24 heavy (non-hydrogen) atoms. The molecule has 0 bridgehead atoms. The Bertz CT molecular complexity index is 901. The molecule has 0 aliphatic carbocycles. The first kappa shape index (κ1) is 16.2. The Kier molecular flexibility index (Phi) is 4.36. The van der Waals surface area contributed by atoms with Gasteiger partial charge < -0.3 is 15.3 Å². The number of aromatic nitrogens is 1.